The highest BCUT2D eigenvalue weighted by Gasteiger charge is 2.17. The fraction of sp³-hybridized carbons (Fsp3) is 0.682. The molecule has 1 fully saturated rings. The van der Waals surface area contributed by atoms with E-state index in [0.717, 1.165) is 45.2 Å². The van der Waals surface area contributed by atoms with E-state index < -0.39 is 0 Å². The third kappa shape index (κ3) is 7.64. The predicted molar refractivity (Wildman–Crippen MR) is 124 cm³/mol. The van der Waals surface area contributed by atoms with Crippen molar-refractivity contribution < 1.29 is 0 Å². The first-order valence-corrected chi connectivity index (χ1v) is 11.8. The van der Waals surface area contributed by atoms with Gasteiger partial charge in [-0.05, 0) is 44.7 Å². The summed E-state index contributed by atoms with van der Waals surface area (Å²) in [6.45, 7) is 18.2. The molecule has 5 nitrogen and oxygen atoms in total. The average molecular weight is 406 g/mol. The molecular weight excluding hydrogens is 366 g/mol. The van der Waals surface area contributed by atoms with Gasteiger partial charge in [0.15, 0.2) is 5.96 Å². The van der Waals surface area contributed by atoms with Gasteiger partial charge in [0.2, 0.25) is 0 Å². The molecule has 0 bridgehead atoms. The molecule has 1 aliphatic rings. The van der Waals surface area contributed by atoms with Crippen LogP contribution in [0.5, 0.6) is 0 Å². The molecule has 6 heteroatoms. The summed E-state index contributed by atoms with van der Waals surface area (Å²) in [5, 5.41) is 6.87. The standard InChI is InChI=1S/C22H39N5S/c1-6-23-21(25-18-22(3,4)28-5)24-16-19-10-8-9-11-20(19)17-27-14-12-26(7-2)13-15-27/h8-11H,6-7,12-18H2,1-5H3,(H2,23,24,25). The molecule has 0 aliphatic carbocycles. The number of hydrogen-bond acceptors (Lipinski definition) is 4. The minimum Gasteiger partial charge on any atom is -0.357 e. The van der Waals surface area contributed by atoms with Gasteiger partial charge in [-0.2, -0.15) is 11.8 Å². The van der Waals surface area contributed by atoms with Gasteiger partial charge in [-0.25, -0.2) is 4.99 Å². The molecule has 28 heavy (non-hydrogen) atoms. The molecule has 0 atom stereocenters. The summed E-state index contributed by atoms with van der Waals surface area (Å²) in [7, 11) is 0. The number of nitrogens with zero attached hydrogens (tertiary/aromatic N) is 3. The summed E-state index contributed by atoms with van der Waals surface area (Å²) in [6.07, 6.45) is 2.16. The number of piperazine rings is 1. The maximum absolute atomic E-state index is 4.86. The van der Waals surface area contributed by atoms with E-state index in [9.17, 15) is 0 Å². The van der Waals surface area contributed by atoms with E-state index in [1.165, 1.54) is 24.2 Å². The third-order valence-corrected chi connectivity index (χ3v) is 6.66. The monoisotopic (exact) mass is 405 g/mol. The number of aliphatic imine (C=N–C) groups is 1. The Bertz CT molecular complexity index is 609. The lowest BCUT2D eigenvalue weighted by atomic mass is 10.1. The van der Waals surface area contributed by atoms with Crippen LogP contribution < -0.4 is 10.6 Å². The van der Waals surface area contributed by atoms with Crippen molar-refractivity contribution in [3.8, 4) is 0 Å². The molecule has 1 aromatic rings. The zero-order chi connectivity index (χ0) is 20.4. The lowest BCUT2D eigenvalue weighted by Gasteiger charge is -2.34. The van der Waals surface area contributed by atoms with Crippen molar-refractivity contribution in [1.29, 1.82) is 0 Å². The minimum absolute atomic E-state index is 0.189. The molecule has 0 amide bonds. The number of rotatable bonds is 9. The average Bonchev–Trinajstić information content (AvgIpc) is 2.71. The Balaban J connectivity index is 1.99. The van der Waals surface area contributed by atoms with Gasteiger partial charge in [0.25, 0.3) is 0 Å². The van der Waals surface area contributed by atoms with Gasteiger partial charge in [-0.1, -0.05) is 31.2 Å². The molecule has 1 heterocycles. The van der Waals surface area contributed by atoms with Crippen molar-refractivity contribution in [2.75, 3.05) is 52.1 Å². The second kappa shape index (κ2) is 11.7. The Morgan fingerprint density at radius 1 is 1.04 bits per heavy atom. The van der Waals surface area contributed by atoms with Crippen molar-refractivity contribution in [2.45, 2.75) is 45.5 Å². The van der Waals surface area contributed by atoms with Crippen molar-refractivity contribution in [3.05, 3.63) is 35.4 Å². The van der Waals surface area contributed by atoms with Gasteiger partial charge in [-0.3, -0.25) is 4.90 Å². The number of benzene rings is 1. The largest absolute Gasteiger partial charge is 0.357 e. The van der Waals surface area contributed by atoms with Gasteiger partial charge < -0.3 is 15.5 Å². The molecule has 0 spiro atoms. The number of hydrogen-bond donors (Lipinski definition) is 2. The third-order valence-electron chi connectivity index (χ3n) is 5.41. The van der Waals surface area contributed by atoms with E-state index in [1.54, 1.807) is 0 Å². The van der Waals surface area contributed by atoms with Crippen LogP contribution in [-0.4, -0.2) is 72.6 Å². The van der Waals surface area contributed by atoms with Crippen LogP contribution in [0.2, 0.25) is 0 Å². The summed E-state index contributed by atoms with van der Waals surface area (Å²) in [5.74, 6) is 0.899. The quantitative estimate of drug-likeness (QED) is 0.488. The van der Waals surface area contributed by atoms with Crippen LogP contribution in [0.15, 0.2) is 29.3 Å². The van der Waals surface area contributed by atoms with Crippen molar-refractivity contribution in [2.24, 2.45) is 4.99 Å². The topological polar surface area (TPSA) is 42.9 Å². The lowest BCUT2D eigenvalue weighted by molar-refractivity contribution is 0.131. The van der Waals surface area contributed by atoms with Gasteiger partial charge in [0, 0.05) is 50.6 Å². The summed E-state index contributed by atoms with van der Waals surface area (Å²) < 4.78 is 0.189. The zero-order valence-corrected chi connectivity index (χ0v) is 19.2. The molecular formula is C22H39N5S. The van der Waals surface area contributed by atoms with Crippen LogP contribution in [0.3, 0.4) is 0 Å². The Labute approximate surface area is 176 Å². The van der Waals surface area contributed by atoms with Crippen LogP contribution in [-0.2, 0) is 13.1 Å². The lowest BCUT2D eigenvalue weighted by Crippen LogP contribution is -2.45. The van der Waals surface area contributed by atoms with Crippen LogP contribution in [0.1, 0.15) is 38.8 Å². The first-order chi connectivity index (χ1) is 13.5. The van der Waals surface area contributed by atoms with E-state index in [2.05, 4.69) is 78.6 Å². The van der Waals surface area contributed by atoms with Gasteiger partial charge >= 0.3 is 0 Å². The number of nitrogens with one attached hydrogen (secondary N) is 2. The molecule has 0 radical (unpaired) electrons. The summed E-state index contributed by atoms with van der Waals surface area (Å²) in [4.78, 5) is 9.95. The number of thioether (sulfide) groups is 1. The molecule has 1 aromatic carbocycles. The van der Waals surface area contributed by atoms with Crippen molar-refractivity contribution in [1.82, 2.24) is 20.4 Å². The molecule has 0 unspecified atom stereocenters. The minimum atomic E-state index is 0.189. The highest BCUT2D eigenvalue weighted by molar-refractivity contribution is 7.99. The van der Waals surface area contributed by atoms with E-state index in [-0.39, 0.29) is 4.75 Å². The highest BCUT2D eigenvalue weighted by atomic mass is 32.2. The normalized spacial score (nSPS) is 17.0. The van der Waals surface area contributed by atoms with Gasteiger partial charge in [-0.15, -0.1) is 0 Å². The first-order valence-electron chi connectivity index (χ1n) is 10.6. The van der Waals surface area contributed by atoms with Crippen LogP contribution in [0, 0.1) is 0 Å². The molecule has 2 rings (SSSR count). The first kappa shape index (κ1) is 23.0. The van der Waals surface area contributed by atoms with Crippen molar-refractivity contribution in [3.63, 3.8) is 0 Å². The Hall–Kier alpha value is -1.24. The van der Waals surface area contributed by atoms with E-state index in [4.69, 9.17) is 4.99 Å². The maximum Gasteiger partial charge on any atom is 0.191 e. The van der Waals surface area contributed by atoms with E-state index in [1.807, 2.05) is 11.8 Å². The van der Waals surface area contributed by atoms with Crippen molar-refractivity contribution >= 4 is 17.7 Å². The summed E-state index contributed by atoms with van der Waals surface area (Å²) in [6, 6.07) is 8.75. The van der Waals surface area contributed by atoms with Gasteiger partial charge in [0.05, 0.1) is 6.54 Å². The second-order valence-electron chi connectivity index (χ2n) is 7.99. The fourth-order valence-corrected chi connectivity index (χ4v) is 3.46. The SMILES string of the molecule is CCNC(=NCc1ccccc1CN1CCN(CC)CC1)NCC(C)(C)SC. The van der Waals surface area contributed by atoms with Gasteiger partial charge in [0.1, 0.15) is 0 Å². The molecule has 1 aliphatic heterocycles. The molecule has 0 aromatic heterocycles. The number of likely N-dealkylation sites (N-methyl/N-ethyl adjacent to an activating group) is 1. The maximum atomic E-state index is 4.86. The summed E-state index contributed by atoms with van der Waals surface area (Å²) >= 11 is 1.87. The number of guanidine groups is 1. The Morgan fingerprint density at radius 3 is 2.29 bits per heavy atom. The zero-order valence-electron chi connectivity index (χ0n) is 18.4. The highest BCUT2D eigenvalue weighted by Crippen LogP contribution is 2.19. The molecule has 2 N–H and O–H groups in total. The van der Waals surface area contributed by atoms with Crippen LogP contribution in [0.25, 0.3) is 0 Å². The van der Waals surface area contributed by atoms with Crippen LogP contribution in [0.4, 0.5) is 0 Å². The van der Waals surface area contributed by atoms with E-state index >= 15 is 0 Å². The molecule has 1 saturated heterocycles. The molecule has 0 saturated carbocycles. The van der Waals surface area contributed by atoms with E-state index in [0.29, 0.717) is 6.54 Å². The summed E-state index contributed by atoms with van der Waals surface area (Å²) in [5.41, 5.74) is 2.72. The predicted octanol–water partition coefficient (Wildman–Crippen LogP) is 3.02. The Morgan fingerprint density at radius 2 is 1.68 bits per heavy atom. The van der Waals surface area contributed by atoms with Crippen LogP contribution >= 0.6 is 11.8 Å². The smallest absolute Gasteiger partial charge is 0.191 e. The molecule has 158 valence electrons. The second-order valence-corrected chi connectivity index (χ2v) is 9.51. The Kier molecular flexibility index (Phi) is 9.62. The fourth-order valence-electron chi connectivity index (χ4n) is 3.25.